The minimum absolute atomic E-state index is 0.0362. The molecule has 0 heterocycles. The molecule has 0 saturated carbocycles. The first-order chi connectivity index (χ1) is 17.7. The number of unbranched alkanes of at least 4 members (excludes halogenated alkanes) is 15. The largest absolute Gasteiger partial charge is 0.356 e. The van der Waals surface area contributed by atoms with Gasteiger partial charge in [0.15, 0.2) is 0 Å². The fraction of sp³-hybridized carbons (Fsp3) is 0.606. The molecule has 2 aromatic carbocycles. The molecule has 1 N–H and O–H groups in total. The van der Waals surface area contributed by atoms with Gasteiger partial charge in [-0.25, -0.2) is 0 Å². The first-order valence-corrected chi connectivity index (χ1v) is 16.3. The minimum Gasteiger partial charge on any atom is -0.356 e. The number of amides is 1. The van der Waals surface area contributed by atoms with Gasteiger partial charge in [0.05, 0.1) is 5.66 Å². The van der Waals surface area contributed by atoms with Gasteiger partial charge in [-0.15, -0.1) is 0 Å². The van der Waals surface area contributed by atoms with Crippen LogP contribution in [0.15, 0.2) is 60.7 Å². The first kappa shape index (κ1) is 30.6. The zero-order valence-corrected chi connectivity index (χ0v) is 24.1. The van der Waals surface area contributed by atoms with Gasteiger partial charge < -0.3 is 5.32 Å². The van der Waals surface area contributed by atoms with E-state index in [2.05, 4.69) is 67.7 Å². The smallest absolute Gasteiger partial charge is 0.227 e. The summed E-state index contributed by atoms with van der Waals surface area (Å²) in [6, 6.07) is 21.1. The highest BCUT2D eigenvalue weighted by atomic mass is 31.1. The first-order valence-electron chi connectivity index (χ1n) is 14.9. The maximum Gasteiger partial charge on any atom is 0.227 e. The minimum atomic E-state index is -0.709. The highest BCUT2D eigenvalue weighted by Gasteiger charge is 2.26. The van der Waals surface area contributed by atoms with Crippen molar-refractivity contribution in [1.82, 2.24) is 5.32 Å². The molecule has 3 heteroatoms. The fourth-order valence-corrected chi connectivity index (χ4v) is 7.43. The molecule has 0 aliphatic heterocycles. The van der Waals surface area contributed by atoms with E-state index in [1.807, 2.05) is 12.1 Å². The molecule has 0 aliphatic carbocycles. The Hall–Kier alpha value is -1.66. The van der Waals surface area contributed by atoms with Crippen molar-refractivity contribution in [3.05, 3.63) is 60.7 Å². The third kappa shape index (κ3) is 13.0. The maximum absolute atomic E-state index is 13.0. The van der Waals surface area contributed by atoms with E-state index in [1.165, 1.54) is 107 Å². The number of nitrogens with one attached hydrogen (secondary N) is 1. The Morgan fingerprint density at radius 3 is 1.36 bits per heavy atom. The summed E-state index contributed by atoms with van der Waals surface area (Å²) in [5.74, 6) is 0.190. The van der Waals surface area contributed by atoms with E-state index >= 15 is 0 Å². The van der Waals surface area contributed by atoms with Crippen molar-refractivity contribution < 1.29 is 4.79 Å². The molecule has 1 amide bonds. The van der Waals surface area contributed by atoms with Crippen molar-refractivity contribution in [2.24, 2.45) is 0 Å². The van der Waals surface area contributed by atoms with Gasteiger partial charge in [0.1, 0.15) is 0 Å². The number of hydrogen-bond acceptors (Lipinski definition) is 1. The Bertz CT molecular complexity index is 739. The fourth-order valence-electron chi connectivity index (χ4n) is 4.92. The molecular formula is C33H52NOP. The lowest BCUT2D eigenvalue weighted by molar-refractivity contribution is -0.120. The van der Waals surface area contributed by atoms with E-state index in [-0.39, 0.29) is 11.6 Å². The molecule has 0 aliphatic rings. The highest BCUT2D eigenvalue weighted by molar-refractivity contribution is 7.74. The lowest BCUT2D eigenvalue weighted by Crippen LogP contribution is -2.36. The summed E-state index contributed by atoms with van der Waals surface area (Å²) >= 11 is 0. The third-order valence-corrected chi connectivity index (χ3v) is 9.88. The van der Waals surface area contributed by atoms with Crippen LogP contribution in [0, 0.1) is 0 Å². The number of carbonyl (C=O) groups excluding carboxylic acids is 1. The van der Waals surface area contributed by atoms with Gasteiger partial charge in [0.2, 0.25) is 5.91 Å². The van der Waals surface area contributed by atoms with Gasteiger partial charge in [-0.1, -0.05) is 164 Å². The molecule has 0 saturated heterocycles. The van der Waals surface area contributed by atoms with Crippen LogP contribution in [0.5, 0.6) is 0 Å². The lowest BCUT2D eigenvalue weighted by Gasteiger charge is -2.25. The zero-order chi connectivity index (χ0) is 25.7. The van der Waals surface area contributed by atoms with Crippen LogP contribution in [0.3, 0.4) is 0 Å². The molecule has 0 aromatic heterocycles. The Kier molecular flexibility index (Phi) is 17.3. The summed E-state index contributed by atoms with van der Waals surface area (Å²) in [6.07, 6.45) is 22.0. The molecule has 0 bridgehead atoms. The molecule has 0 radical (unpaired) electrons. The molecule has 1 atom stereocenters. The predicted molar refractivity (Wildman–Crippen MR) is 161 cm³/mol. The van der Waals surface area contributed by atoms with E-state index in [9.17, 15) is 4.79 Å². The molecule has 2 nitrogen and oxygen atoms in total. The molecule has 36 heavy (non-hydrogen) atoms. The molecular weight excluding hydrogens is 457 g/mol. The second kappa shape index (κ2) is 20.4. The van der Waals surface area contributed by atoms with Gasteiger partial charge in [-0.2, -0.15) is 0 Å². The Labute approximate surface area is 223 Å². The van der Waals surface area contributed by atoms with Gasteiger partial charge in [-0.3, -0.25) is 4.79 Å². The standard InChI is InChI=1S/C33H52NOP/c1-3-4-5-6-7-8-9-10-11-12-13-14-15-16-17-24-29-34-33(35)30(2)36(31-25-20-18-21-26-31)32-27-22-19-23-28-32/h18-23,25-28,30H,3-17,24,29H2,1-2H3,(H,34,35). The average Bonchev–Trinajstić information content (AvgIpc) is 2.91. The Morgan fingerprint density at radius 1 is 0.611 bits per heavy atom. The van der Waals surface area contributed by atoms with Crippen molar-refractivity contribution in [1.29, 1.82) is 0 Å². The zero-order valence-electron chi connectivity index (χ0n) is 23.2. The van der Waals surface area contributed by atoms with Crippen LogP contribution in [0.25, 0.3) is 0 Å². The van der Waals surface area contributed by atoms with Gasteiger partial charge in [0, 0.05) is 6.54 Å². The van der Waals surface area contributed by atoms with E-state index in [0.29, 0.717) is 0 Å². The SMILES string of the molecule is CCCCCCCCCCCCCCCCCCNC(=O)C(C)P(c1ccccc1)c1ccccc1. The van der Waals surface area contributed by atoms with Crippen molar-refractivity contribution in [2.75, 3.05) is 6.54 Å². The summed E-state index contributed by atoms with van der Waals surface area (Å²) in [6.45, 7) is 5.18. The summed E-state index contributed by atoms with van der Waals surface area (Å²) in [7, 11) is -0.709. The number of hydrogen-bond donors (Lipinski definition) is 1. The summed E-state index contributed by atoms with van der Waals surface area (Å²) in [5, 5.41) is 5.76. The second-order valence-corrected chi connectivity index (χ2v) is 12.9. The monoisotopic (exact) mass is 509 g/mol. The highest BCUT2D eigenvalue weighted by Crippen LogP contribution is 2.39. The Morgan fingerprint density at radius 2 is 0.972 bits per heavy atom. The second-order valence-electron chi connectivity index (χ2n) is 10.3. The van der Waals surface area contributed by atoms with Crippen molar-refractivity contribution in [3.63, 3.8) is 0 Å². The molecule has 2 rings (SSSR count). The van der Waals surface area contributed by atoms with Crippen LogP contribution in [-0.2, 0) is 4.79 Å². The molecule has 2 aromatic rings. The topological polar surface area (TPSA) is 29.1 Å². The van der Waals surface area contributed by atoms with Gasteiger partial charge >= 0.3 is 0 Å². The van der Waals surface area contributed by atoms with Crippen LogP contribution < -0.4 is 15.9 Å². The van der Waals surface area contributed by atoms with Gasteiger partial charge in [-0.05, 0) is 31.9 Å². The predicted octanol–water partition coefficient (Wildman–Crippen LogP) is 8.89. The summed E-state index contributed by atoms with van der Waals surface area (Å²) in [4.78, 5) is 13.0. The van der Waals surface area contributed by atoms with Gasteiger partial charge in [0.25, 0.3) is 0 Å². The lowest BCUT2D eigenvalue weighted by atomic mass is 10.0. The van der Waals surface area contributed by atoms with E-state index in [1.54, 1.807) is 0 Å². The van der Waals surface area contributed by atoms with Crippen LogP contribution in [-0.4, -0.2) is 18.1 Å². The quantitative estimate of drug-likeness (QED) is 0.132. The summed E-state index contributed by atoms with van der Waals surface area (Å²) in [5.41, 5.74) is -0.0362. The molecule has 1 unspecified atom stereocenters. The van der Waals surface area contributed by atoms with Crippen molar-refractivity contribution in [2.45, 2.75) is 122 Å². The molecule has 0 fully saturated rings. The number of carbonyl (C=O) groups is 1. The Balaban J connectivity index is 1.51. The van der Waals surface area contributed by atoms with Crippen LogP contribution >= 0.6 is 7.92 Å². The summed E-state index contributed by atoms with van der Waals surface area (Å²) < 4.78 is 0. The molecule has 200 valence electrons. The van der Waals surface area contributed by atoms with E-state index in [4.69, 9.17) is 0 Å². The third-order valence-electron chi connectivity index (χ3n) is 7.17. The van der Waals surface area contributed by atoms with Crippen molar-refractivity contribution in [3.8, 4) is 0 Å². The normalized spacial score (nSPS) is 12.1. The number of rotatable bonds is 21. The van der Waals surface area contributed by atoms with Crippen LogP contribution in [0.4, 0.5) is 0 Å². The van der Waals surface area contributed by atoms with E-state index < -0.39 is 7.92 Å². The van der Waals surface area contributed by atoms with Crippen molar-refractivity contribution >= 4 is 24.4 Å². The van der Waals surface area contributed by atoms with E-state index in [0.717, 1.165) is 13.0 Å². The van der Waals surface area contributed by atoms with Crippen LogP contribution in [0.2, 0.25) is 0 Å². The maximum atomic E-state index is 13.0. The average molecular weight is 510 g/mol. The number of benzene rings is 2. The van der Waals surface area contributed by atoms with Crippen LogP contribution in [0.1, 0.15) is 117 Å². The molecule has 0 spiro atoms.